The van der Waals surface area contributed by atoms with E-state index in [9.17, 15) is 0 Å². The van der Waals surface area contributed by atoms with Crippen molar-refractivity contribution in [3.05, 3.63) is 36.5 Å². The summed E-state index contributed by atoms with van der Waals surface area (Å²) in [5, 5.41) is 4.37. The molecule has 0 atom stereocenters. The normalized spacial score (nSPS) is 16.8. The average molecular weight is 257 g/mol. The molecule has 0 spiro atoms. The maximum Gasteiger partial charge on any atom is 0.147 e. The van der Waals surface area contributed by atoms with Crippen LogP contribution in [0.3, 0.4) is 0 Å². The number of aryl methyl sites for hydroxylation is 1. The molecule has 1 aliphatic heterocycles. The predicted octanol–water partition coefficient (Wildman–Crippen LogP) is 2.08. The lowest BCUT2D eigenvalue weighted by molar-refractivity contribution is 0.501. The molecule has 1 fully saturated rings. The van der Waals surface area contributed by atoms with Crippen molar-refractivity contribution in [1.29, 1.82) is 0 Å². The van der Waals surface area contributed by atoms with Gasteiger partial charge in [0.05, 0.1) is 12.4 Å². The van der Waals surface area contributed by atoms with Gasteiger partial charge in [-0.1, -0.05) is 0 Å². The molecular weight excluding hydrogens is 238 g/mol. The van der Waals surface area contributed by atoms with Crippen molar-refractivity contribution >= 4 is 5.82 Å². The number of anilines is 1. The van der Waals surface area contributed by atoms with E-state index in [4.69, 9.17) is 0 Å². The monoisotopic (exact) mass is 257 g/mol. The summed E-state index contributed by atoms with van der Waals surface area (Å²) >= 11 is 0. The van der Waals surface area contributed by atoms with Gasteiger partial charge < -0.3 is 4.90 Å². The molecule has 0 unspecified atom stereocenters. The van der Waals surface area contributed by atoms with Gasteiger partial charge in [-0.3, -0.25) is 9.67 Å². The molecule has 0 N–H and O–H groups in total. The van der Waals surface area contributed by atoms with Crippen LogP contribution in [0.15, 0.2) is 31.0 Å². The van der Waals surface area contributed by atoms with E-state index in [1.807, 2.05) is 17.1 Å². The smallest absolute Gasteiger partial charge is 0.147 e. The molecule has 5 heteroatoms. The van der Waals surface area contributed by atoms with Crippen LogP contribution in [-0.2, 0) is 6.54 Å². The zero-order valence-corrected chi connectivity index (χ0v) is 11.2. The van der Waals surface area contributed by atoms with E-state index in [1.54, 1.807) is 12.4 Å². The number of piperidine rings is 1. The van der Waals surface area contributed by atoms with Crippen LogP contribution < -0.4 is 4.90 Å². The van der Waals surface area contributed by atoms with Gasteiger partial charge in [-0.25, -0.2) is 4.98 Å². The van der Waals surface area contributed by atoms with Gasteiger partial charge in [0.1, 0.15) is 5.82 Å². The fourth-order valence-corrected chi connectivity index (χ4v) is 2.66. The minimum absolute atomic E-state index is 0.633. The van der Waals surface area contributed by atoms with Gasteiger partial charge in [0, 0.05) is 38.2 Å². The highest BCUT2D eigenvalue weighted by atomic mass is 15.3. The number of aromatic nitrogens is 4. The van der Waals surface area contributed by atoms with Crippen LogP contribution >= 0.6 is 0 Å². The molecule has 2 aromatic rings. The molecule has 1 saturated heterocycles. The summed E-state index contributed by atoms with van der Waals surface area (Å²) in [6.45, 7) is 5.15. The quantitative estimate of drug-likeness (QED) is 0.844. The highest BCUT2D eigenvalue weighted by Crippen LogP contribution is 2.29. The van der Waals surface area contributed by atoms with Crippen LogP contribution in [0.1, 0.15) is 31.2 Å². The molecular formula is C14H19N5. The average Bonchev–Trinajstić information content (AvgIpc) is 2.97. The third-order valence-electron chi connectivity index (χ3n) is 3.82. The lowest BCUT2D eigenvalue weighted by Gasteiger charge is -2.32. The predicted molar refractivity (Wildman–Crippen MR) is 74.1 cm³/mol. The van der Waals surface area contributed by atoms with Crippen LogP contribution in [0, 0.1) is 0 Å². The van der Waals surface area contributed by atoms with Gasteiger partial charge in [0.15, 0.2) is 0 Å². The van der Waals surface area contributed by atoms with E-state index in [0.717, 1.165) is 38.3 Å². The van der Waals surface area contributed by atoms with Crippen molar-refractivity contribution in [3.63, 3.8) is 0 Å². The second-order valence-corrected chi connectivity index (χ2v) is 4.95. The van der Waals surface area contributed by atoms with Crippen molar-refractivity contribution in [2.24, 2.45) is 0 Å². The maximum atomic E-state index is 4.37. The lowest BCUT2D eigenvalue weighted by Crippen LogP contribution is -2.33. The SMILES string of the molecule is CCn1cc(C2CCN(c3cnccn3)CC2)cn1. The van der Waals surface area contributed by atoms with E-state index in [1.165, 1.54) is 5.56 Å². The summed E-state index contributed by atoms with van der Waals surface area (Å²) < 4.78 is 2.00. The standard InChI is InChI=1S/C14H19N5/c1-2-19-11-13(9-17-19)12-3-7-18(8-4-12)14-10-15-5-6-16-14/h5-6,9-12H,2-4,7-8H2,1H3. The molecule has 0 bridgehead atoms. The first kappa shape index (κ1) is 12.1. The Balaban J connectivity index is 1.63. The molecule has 0 saturated carbocycles. The second kappa shape index (κ2) is 5.38. The first-order chi connectivity index (χ1) is 9.36. The van der Waals surface area contributed by atoms with Gasteiger partial charge >= 0.3 is 0 Å². The molecule has 0 aromatic carbocycles. The number of rotatable bonds is 3. The Labute approximate surface area is 113 Å². The Hall–Kier alpha value is -1.91. The zero-order valence-electron chi connectivity index (χ0n) is 11.2. The van der Waals surface area contributed by atoms with E-state index in [-0.39, 0.29) is 0 Å². The van der Waals surface area contributed by atoms with Crippen LogP contribution in [0.5, 0.6) is 0 Å². The molecule has 0 amide bonds. The van der Waals surface area contributed by atoms with E-state index in [0.29, 0.717) is 5.92 Å². The molecule has 0 radical (unpaired) electrons. The topological polar surface area (TPSA) is 46.8 Å². The Morgan fingerprint density at radius 3 is 2.68 bits per heavy atom. The summed E-state index contributed by atoms with van der Waals surface area (Å²) in [4.78, 5) is 10.8. The first-order valence-electron chi connectivity index (χ1n) is 6.90. The van der Waals surface area contributed by atoms with Gasteiger partial charge in [-0.15, -0.1) is 0 Å². The molecule has 100 valence electrons. The molecule has 2 aromatic heterocycles. The third kappa shape index (κ3) is 2.59. The van der Waals surface area contributed by atoms with Crippen molar-refractivity contribution < 1.29 is 0 Å². The van der Waals surface area contributed by atoms with Crippen LogP contribution in [-0.4, -0.2) is 32.8 Å². The van der Waals surface area contributed by atoms with Crippen molar-refractivity contribution in [2.45, 2.75) is 32.2 Å². The van der Waals surface area contributed by atoms with Crippen molar-refractivity contribution in [1.82, 2.24) is 19.7 Å². The fraction of sp³-hybridized carbons (Fsp3) is 0.500. The largest absolute Gasteiger partial charge is 0.355 e. The Kier molecular flexibility index (Phi) is 3.44. The van der Waals surface area contributed by atoms with Gasteiger partial charge in [0.25, 0.3) is 0 Å². The Morgan fingerprint density at radius 2 is 2.05 bits per heavy atom. The fourth-order valence-electron chi connectivity index (χ4n) is 2.66. The van der Waals surface area contributed by atoms with Gasteiger partial charge in [-0.2, -0.15) is 5.10 Å². The molecule has 5 nitrogen and oxygen atoms in total. The first-order valence-corrected chi connectivity index (χ1v) is 6.90. The van der Waals surface area contributed by atoms with E-state index < -0.39 is 0 Å². The van der Waals surface area contributed by atoms with Gasteiger partial charge in [-0.05, 0) is 31.2 Å². The minimum atomic E-state index is 0.633. The maximum absolute atomic E-state index is 4.37. The van der Waals surface area contributed by atoms with Crippen LogP contribution in [0.25, 0.3) is 0 Å². The van der Waals surface area contributed by atoms with Gasteiger partial charge in [0.2, 0.25) is 0 Å². The summed E-state index contributed by atoms with van der Waals surface area (Å²) in [6, 6.07) is 0. The summed E-state index contributed by atoms with van der Waals surface area (Å²) in [5.74, 6) is 1.62. The Morgan fingerprint density at radius 1 is 1.21 bits per heavy atom. The highest BCUT2D eigenvalue weighted by Gasteiger charge is 2.22. The summed E-state index contributed by atoms with van der Waals surface area (Å²) in [7, 11) is 0. The second-order valence-electron chi connectivity index (χ2n) is 4.95. The number of hydrogen-bond acceptors (Lipinski definition) is 4. The van der Waals surface area contributed by atoms with Crippen molar-refractivity contribution in [3.8, 4) is 0 Å². The highest BCUT2D eigenvalue weighted by molar-refractivity contribution is 5.36. The van der Waals surface area contributed by atoms with Crippen molar-refractivity contribution in [2.75, 3.05) is 18.0 Å². The minimum Gasteiger partial charge on any atom is -0.355 e. The van der Waals surface area contributed by atoms with Crippen LogP contribution in [0.4, 0.5) is 5.82 Å². The van der Waals surface area contributed by atoms with E-state index in [2.05, 4.69) is 33.1 Å². The molecule has 3 rings (SSSR count). The molecule has 1 aliphatic rings. The summed E-state index contributed by atoms with van der Waals surface area (Å²) in [6.07, 6.45) is 11.8. The lowest BCUT2D eigenvalue weighted by atomic mass is 9.91. The summed E-state index contributed by atoms with van der Waals surface area (Å²) in [5.41, 5.74) is 1.38. The number of hydrogen-bond donors (Lipinski definition) is 0. The third-order valence-corrected chi connectivity index (χ3v) is 3.82. The Bertz CT molecular complexity index is 514. The number of nitrogens with zero attached hydrogens (tertiary/aromatic N) is 5. The molecule has 19 heavy (non-hydrogen) atoms. The molecule has 0 aliphatic carbocycles. The zero-order chi connectivity index (χ0) is 13.1. The van der Waals surface area contributed by atoms with Crippen LogP contribution in [0.2, 0.25) is 0 Å². The molecule has 3 heterocycles. The van der Waals surface area contributed by atoms with E-state index >= 15 is 0 Å².